The molecule has 0 saturated heterocycles. The maximum absolute atomic E-state index is 13.1. The van der Waals surface area contributed by atoms with E-state index in [2.05, 4.69) is 22.3 Å². The maximum Gasteiger partial charge on any atom is 0.416 e. The monoisotopic (exact) mass is 472 g/mol. The largest absolute Gasteiger partial charge is 0.416 e. The van der Waals surface area contributed by atoms with Crippen LogP contribution >= 0.6 is 0 Å². The first kappa shape index (κ1) is 22.7. The van der Waals surface area contributed by atoms with Gasteiger partial charge in [0.1, 0.15) is 0 Å². The van der Waals surface area contributed by atoms with E-state index in [1.807, 2.05) is 36.4 Å². The predicted octanol–water partition coefficient (Wildman–Crippen LogP) is 7.19. The van der Waals surface area contributed by atoms with Gasteiger partial charge in [-0.15, -0.1) is 0 Å². The van der Waals surface area contributed by atoms with Gasteiger partial charge in [-0.3, -0.25) is 4.79 Å². The van der Waals surface area contributed by atoms with E-state index < -0.39 is 11.7 Å². The quantitative estimate of drug-likeness (QED) is 0.341. The van der Waals surface area contributed by atoms with Gasteiger partial charge in [0.2, 0.25) is 0 Å². The van der Waals surface area contributed by atoms with Crippen molar-refractivity contribution in [2.75, 3.05) is 16.8 Å². The van der Waals surface area contributed by atoms with Crippen molar-refractivity contribution in [2.45, 2.75) is 19.1 Å². The highest BCUT2D eigenvalue weighted by Crippen LogP contribution is 2.32. The fraction of sp³-hybridized carbons (Fsp3) is 0.138. The van der Waals surface area contributed by atoms with Crippen molar-refractivity contribution in [1.29, 1.82) is 0 Å². The topological polar surface area (TPSA) is 32.3 Å². The standard InChI is InChI=1S/C29H23F3N2O/c30-29(31,32)23-13-10-20(11-14-23)26-8-4-5-9-27(26)28(35)33-24-15-12-22-19-34(17-16-21(22)18-24)25-6-2-1-3-7-25/h1-15,18H,16-17,19H2,(H,33,35). The lowest BCUT2D eigenvalue weighted by Gasteiger charge is -2.31. The lowest BCUT2D eigenvalue weighted by atomic mass is 9.97. The number of anilines is 2. The summed E-state index contributed by atoms with van der Waals surface area (Å²) in [5.74, 6) is -0.304. The van der Waals surface area contributed by atoms with Gasteiger partial charge in [-0.1, -0.05) is 54.6 Å². The van der Waals surface area contributed by atoms with E-state index in [0.29, 0.717) is 22.4 Å². The van der Waals surface area contributed by atoms with Crippen LogP contribution < -0.4 is 10.2 Å². The van der Waals surface area contributed by atoms with Gasteiger partial charge in [-0.2, -0.15) is 13.2 Å². The molecule has 35 heavy (non-hydrogen) atoms. The molecule has 0 spiro atoms. The minimum atomic E-state index is -4.40. The normalized spacial score (nSPS) is 13.3. The second-order valence-electron chi connectivity index (χ2n) is 8.57. The van der Waals surface area contributed by atoms with Crippen LogP contribution in [0.5, 0.6) is 0 Å². The highest BCUT2D eigenvalue weighted by molar-refractivity contribution is 6.08. The minimum absolute atomic E-state index is 0.304. The maximum atomic E-state index is 13.1. The predicted molar refractivity (Wildman–Crippen MR) is 132 cm³/mol. The lowest BCUT2D eigenvalue weighted by Crippen LogP contribution is -2.30. The summed E-state index contributed by atoms with van der Waals surface area (Å²) in [7, 11) is 0. The molecule has 1 aliphatic rings. The number of para-hydroxylation sites is 1. The van der Waals surface area contributed by atoms with Crippen LogP contribution in [0.1, 0.15) is 27.0 Å². The molecule has 1 aliphatic heterocycles. The Morgan fingerprint density at radius 1 is 0.800 bits per heavy atom. The molecule has 4 aromatic rings. The first-order chi connectivity index (χ1) is 16.9. The number of benzene rings is 4. The smallest absolute Gasteiger partial charge is 0.367 e. The number of nitrogens with zero attached hydrogens (tertiary/aromatic N) is 1. The van der Waals surface area contributed by atoms with E-state index >= 15 is 0 Å². The van der Waals surface area contributed by atoms with E-state index in [4.69, 9.17) is 0 Å². The average molecular weight is 473 g/mol. The van der Waals surface area contributed by atoms with Gasteiger partial charge in [-0.25, -0.2) is 0 Å². The molecule has 0 saturated carbocycles. The molecular weight excluding hydrogens is 449 g/mol. The third-order valence-electron chi connectivity index (χ3n) is 6.29. The molecule has 0 unspecified atom stereocenters. The second-order valence-corrected chi connectivity index (χ2v) is 8.57. The Bertz CT molecular complexity index is 1350. The molecule has 0 aromatic heterocycles. The SMILES string of the molecule is O=C(Nc1ccc2c(c1)CCN(c1ccccc1)C2)c1ccccc1-c1ccc(C(F)(F)F)cc1. The Labute approximate surface area is 201 Å². The van der Waals surface area contributed by atoms with Crippen molar-refractivity contribution in [3.63, 3.8) is 0 Å². The summed E-state index contributed by atoms with van der Waals surface area (Å²) >= 11 is 0. The van der Waals surface area contributed by atoms with Crippen LogP contribution in [0.25, 0.3) is 11.1 Å². The van der Waals surface area contributed by atoms with Crippen molar-refractivity contribution in [1.82, 2.24) is 0 Å². The lowest BCUT2D eigenvalue weighted by molar-refractivity contribution is -0.137. The third kappa shape index (κ3) is 4.92. The van der Waals surface area contributed by atoms with Gasteiger partial charge in [0.05, 0.1) is 5.56 Å². The zero-order valence-electron chi connectivity index (χ0n) is 18.8. The Balaban J connectivity index is 1.34. The molecule has 0 bridgehead atoms. The van der Waals surface area contributed by atoms with Crippen LogP contribution in [-0.2, 0) is 19.1 Å². The fourth-order valence-corrected chi connectivity index (χ4v) is 4.46. The zero-order chi connectivity index (χ0) is 24.4. The molecule has 4 aromatic carbocycles. The van der Waals surface area contributed by atoms with Gasteiger partial charge in [0.15, 0.2) is 0 Å². The second kappa shape index (κ2) is 9.29. The molecule has 5 rings (SSSR count). The van der Waals surface area contributed by atoms with Crippen molar-refractivity contribution in [3.05, 3.63) is 119 Å². The first-order valence-corrected chi connectivity index (χ1v) is 11.4. The van der Waals surface area contributed by atoms with E-state index in [1.54, 1.807) is 24.3 Å². The minimum Gasteiger partial charge on any atom is -0.367 e. The highest BCUT2D eigenvalue weighted by atomic mass is 19.4. The van der Waals surface area contributed by atoms with Crippen LogP contribution in [-0.4, -0.2) is 12.5 Å². The van der Waals surface area contributed by atoms with Gasteiger partial charge in [-0.05, 0) is 71.1 Å². The molecule has 6 heteroatoms. The van der Waals surface area contributed by atoms with Crippen LogP contribution in [0.15, 0.2) is 97.1 Å². The molecule has 1 amide bonds. The van der Waals surface area contributed by atoms with Crippen LogP contribution in [0.3, 0.4) is 0 Å². The molecule has 0 radical (unpaired) electrons. The Kier molecular flexibility index (Phi) is 6.03. The number of nitrogens with one attached hydrogen (secondary N) is 1. The Hall–Kier alpha value is -4.06. The molecule has 0 aliphatic carbocycles. The number of amides is 1. The summed E-state index contributed by atoms with van der Waals surface area (Å²) in [5, 5.41) is 2.96. The number of carbonyl (C=O) groups is 1. The van der Waals surface area contributed by atoms with Gasteiger partial charge in [0.25, 0.3) is 5.91 Å². The van der Waals surface area contributed by atoms with Crippen molar-refractivity contribution in [3.8, 4) is 11.1 Å². The number of hydrogen-bond acceptors (Lipinski definition) is 2. The summed E-state index contributed by atoms with van der Waals surface area (Å²) in [6.45, 7) is 1.70. The molecular formula is C29H23F3N2O. The molecule has 176 valence electrons. The van der Waals surface area contributed by atoms with Crippen LogP contribution in [0.2, 0.25) is 0 Å². The van der Waals surface area contributed by atoms with E-state index in [-0.39, 0.29) is 5.91 Å². The van der Waals surface area contributed by atoms with Crippen LogP contribution in [0, 0.1) is 0 Å². The Morgan fingerprint density at radius 3 is 2.26 bits per heavy atom. The van der Waals surface area contributed by atoms with E-state index in [9.17, 15) is 18.0 Å². The van der Waals surface area contributed by atoms with Crippen molar-refractivity contribution in [2.24, 2.45) is 0 Å². The number of alkyl halides is 3. The summed E-state index contributed by atoms with van der Waals surface area (Å²) in [4.78, 5) is 15.5. The number of hydrogen-bond donors (Lipinski definition) is 1. The molecule has 0 atom stereocenters. The average Bonchev–Trinajstić information content (AvgIpc) is 2.88. The summed E-state index contributed by atoms with van der Waals surface area (Å²) in [5.41, 5.74) is 5.13. The molecule has 3 nitrogen and oxygen atoms in total. The number of rotatable bonds is 4. The number of halogens is 3. The fourth-order valence-electron chi connectivity index (χ4n) is 4.46. The molecule has 0 fully saturated rings. The van der Waals surface area contributed by atoms with Gasteiger partial charge in [0, 0.05) is 30.0 Å². The summed E-state index contributed by atoms with van der Waals surface area (Å²) < 4.78 is 38.8. The van der Waals surface area contributed by atoms with E-state index in [1.165, 1.54) is 28.9 Å². The summed E-state index contributed by atoms with van der Waals surface area (Å²) in [6.07, 6.45) is -3.53. The van der Waals surface area contributed by atoms with E-state index in [0.717, 1.165) is 31.6 Å². The van der Waals surface area contributed by atoms with Crippen LogP contribution in [0.4, 0.5) is 24.5 Å². The Morgan fingerprint density at radius 2 is 1.51 bits per heavy atom. The first-order valence-electron chi connectivity index (χ1n) is 11.4. The number of carbonyl (C=O) groups excluding carboxylic acids is 1. The molecule has 1 heterocycles. The van der Waals surface area contributed by atoms with Crippen molar-refractivity contribution < 1.29 is 18.0 Å². The summed E-state index contributed by atoms with van der Waals surface area (Å²) in [6, 6.07) is 28.0. The van der Waals surface area contributed by atoms with Gasteiger partial charge < -0.3 is 10.2 Å². The van der Waals surface area contributed by atoms with Crippen molar-refractivity contribution >= 4 is 17.3 Å². The molecule has 1 N–H and O–H groups in total. The highest BCUT2D eigenvalue weighted by Gasteiger charge is 2.30. The zero-order valence-corrected chi connectivity index (χ0v) is 18.8. The van der Waals surface area contributed by atoms with Gasteiger partial charge >= 0.3 is 6.18 Å². The third-order valence-corrected chi connectivity index (χ3v) is 6.29. The number of fused-ring (bicyclic) bond motifs is 1.